The van der Waals surface area contributed by atoms with Crippen molar-refractivity contribution in [2.45, 2.75) is 6.92 Å². The SMILES string of the molecule is Cc1ccc(NC(=O)N2CCN(c3ccc(-c4ccccc4F)cc3)CC2)cn1. The minimum atomic E-state index is -0.219. The van der Waals surface area contributed by atoms with E-state index in [0.717, 1.165) is 30.0 Å². The molecule has 3 aromatic rings. The summed E-state index contributed by atoms with van der Waals surface area (Å²) in [4.78, 5) is 20.7. The van der Waals surface area contributed by atoms with Crippen LogP contribution in [0.1, 0.15) is 5.69 Å². The predicted molar refractivity (Wildman–Crippen MR) is 114 cm³/mol. The summed E-state index contributed by atoms with van der Waals surface area (Å²) < 4.78 is 14.0. The monoisotopic (exact) mass is 390 g/mol. The van der Waals surface area contributed by atoms with Crippen molar-refractivity contribution in [2.75, 3.05) is 36.4 Å². The molecule has 1 N–H and O–H groups in total. The molecule has 1 aromatic heterocycles. The van der Waals surface area contributed by atoms with Gasteiger partial charge in [0.15, 0.2) is 0 Å². The zero-order valence-corrected chi connectivity index (χ0v) is 16.3. The van der Waals surface area contributed by atoms with Crippen molar-refractivity contribution in [3.63, 3.8) is 0 Å². The number of carbonyl (C=O) groups excluding carboxylic acids is 1. The van der Waals surface area contributed by atoms with Gasteiger partial charge in [-0.15, -0.1) is 0 Å². The maximum absolute atomic E-state index is 14.0. The molecule has 1 aliphatic heterocycles. The number of aryl methyl sites for hydroxylation is 1. The van der Waals surface area contributed by atoms with Crippen LogP contribution in [0.2, 0.25) is 0 Å². The fourth-order valence-electron chi connectivity index (χ4n) is 3.46. The van der Waals surface area contributed by atoms with Crippen LogP contribution in [0.15, 0.2) is 66.9 Å². The second-order valence-electron chi connectivity index (χ2n) is 7.12. The van der Waals surface area contributed by atoms with E-state index in [0.29, 0.717) is 24.3 Å². The van der Waals surface area contributed by atoms with E-state index in [2.05, 4.69) is 15.2 Å². The van der Waals surface area contributed by atoms with Gasteiger partial charge >= 0.3 is 6.03 Å². The molecule has 0 bridgehead atoms. The maximum atomic E-state index is 14.0. The molecule has 0 unspecified atom stereocenters. The van der Waals surface area contributed by atoms with E-state index in [1.165, 1.54) is 6.07 Å². The molecule has 1 saturated heterocycles. The molecule has 2 aromatic carbocycles. The van der Waals surface area contributed by atoms with Crippen molar-refractivity contribution in [3.05, 3.63) is 78.4 Å². The second kappa shape index (κ2) is 8.31. The van der Waals surface area contributed by atoms with Crippen molar-refractivity contribution in [2.24, 2.45) is 0 Å². The van der Waals surface area contributed by atoms with Crippen LogP contribution < -0.4 is 10.2 Å². The zero-order valence-electron chi connectivity index (χ0n) is 16.3. The molecule has 4 rings (SSSR count). The van der Waals surface area contributed by atoms with E-state index in [1.807, 2.05) is 54.3 Å². The lowest BCUT2D eigenvalue weighted by Crippen LogP contribution is -2.50. The molecule has 1 fully saturated rings. The predicted octanol–water partition coefficient (Wildman–Crippen LogP) is 4.55. The van der Waals surface area contributed by atoms with Gasteiger partial charge in [-0.2, -0.15) is 0 Å². The van der Waals surface area contributed by atoms with Gasteiger partial charge in [0.2, 0.25) is 0 Å². The first kappa shape index (κ1) is 18.9. The lowest BCUT2D eigenvalue weighted by atomic mass is 10.0. The van der Waals surface area contributed by atoms with Gasteiger partial charge in [0.1, 0.15) is 5.82 Å². The lowest BCUT2D eigenvalue weighted by Gasteiger charge is -2.36. The molecular formula is C23H23FN4O. The third kappa shape index (κ3) is 4.37. The minimum absolute atomic E-state index is 0.106. The van der Waals surface area contributed by atoms with Gasteiger partial charge in [-0.3, -0.25) is 4.98 Å². The molecule has 2 heterocycles. The van der Waals surface area contributed by atoms with Gasteiger partial charge in [-0.1, -0.05) is 30.3 Å². The van der Waals surface area contributed by atoms with Gasteiger partial charge in [0, 0.05) is 43.1 Å². The standard InChI is InChI=1S/C23H23FN4O/c1-17-6-9-19(16-25-17)26-23(29)28-14-12-27(13-15-28)20-10-7-18(8-11-20)21-4-2-3-5-22(21)24/h2-11,16H,12-15H2,1H3,(H,26,29). The number of halogens is 1. The normalized spacial score (nSPS) is 14.0. The molecule has 5 nitrogen and oxygen atoms in total. The van der Waals surface area contributed by atoms with Crippen molar-refractivity contribution >= 4 is 17.4 Å². The van der Waals surface area contributed by atoms with Crippen LogP contribution in [0.5, 0.6) is 0 Å². The van der Waals surface area contributed by atoms with Crippen LogP contribution in [0.25, 0.3) is 11.1 Å². The number of pyridine rings is 1. The number of hydrogen-bond donors (Lipinski definition) is 1. The number of nitrogens with one attached hydrogen (secondary N) is 1. The number of nitrogens with zero attached hydrogens (tertiary/aromatic N) is 3. The van der Waals surface area contributed by atoms with Gasteiger partial charge in [-0.25, -0.2) is 9.18 Å². The topological polar surface area (TPSA) is 48.5 Å². The Morgan fingerprint density at radius 3 is 2.34 bits per heavy atom. The fraction of sp³-hybridized carbons (Fsp3) is 0.217. The van der Waals surface area contributed by atoms with E-state index < -0.39 is 0 Å². The van der Waals surface area contributed by atoms with Gasteiger partial charge in [0.05, 0.1) is 11.9 Å². The zero-order chi connectivity index (χ0) is 20.2. The van der Waals surface area contributed by atoms with E-state index in [4.69, 9.17) is 0 Å². The van der Waals surface area contributed by atoms with E-state index in [-0.39, 0.29) is 11.8 Å². The molecule has 0 radical (unpaired) electrons. The van der Waals surface area contributed by atoms with Gasteiger partial charge in [0.25, 0.3) is 0 Å². The number of carbonyl (C=O) groups is 1. The highest BCUT2D eigenvalue weighted by Crippen LogP contribution is 2.26. The third-order valence-corrected chi connectivity index (χ3v) is 5.15. The Balaban J connectivity index is 1.35. The lowest BCUT2D eigenvalue weighted by molar-refractivity contribution is 0.208. The Labute approximate surface area is 169 Å². The van der Waals surface area contributed by atoms with Crippen LogP contribution >= 0.6 is 0 Å². The number of anilines is 2. The van der Waals surface area contributed by atoms with Crippen LogP contribution in [-0.4, -0.2) is 42.1 Å². The van der Waals surface area contributed by atoms with Gasteiger partial charge in [-0.05, 0) is 42.8 Å². The number of hydrogen-bond acceptors (Lipinski definition) is 3. The third-order valence-electron chi connectivity index (χ3n) is 5.15. The van der Waals surface area contributed by atoms with Crippen LogP contribution in [0.4, 0.5) is 20.6 Å². The summed E-state index contributed by atoms with van der Waals surface area (Å²) in [7, 11) is 0. The Morgan fingerprint density at radius 2 is 1.69 bits per heavy atom. The molecule has 1 aliphatic rings. The quantitative estimate of drug-likeness (QED) is 0.714. The molecule has 0 spiro atoms. The van der Waals surface area contributed by atoms with Gasteiger partial charge < -0.3 is 15.1 Å². The molecule has 29 heavy (non-hydrogen) atoms. The summed E-state index contributed by atoms with van der Waals surface area (Å²) >= 11 is 0. The summed E-state index contributed by atoms with van der Waals surface area (Å²) in [5.41, 5.74) is 4.15. The largest absolute Gasteiger partial charge is 0.368 e. The molecule has 0 saturated carbocycles. The average Bonchev–Trinajstić information content (AvgIpc) is 2.76. The Hall–Kier alpha value is -3.41. The maximum Gasteiger partial charge on any atom is 0.322 e. The summed E-state index contributed by atoms with van der Waals surface area (Å²) in [6.45, 7) is 4.69. The highest BCUT2D eigenvalue weighted by Gasteiger charge is 2.21. The first-order valence-electron chi connectivity index (χ1n) is 9.69. The first-order valence-corrected chi connectivity index (χ1v) is 9.69. The summed E-state index contributed by atoms with van der Waals surface area (Å²) in [6.07, 6.45) is 1.67. The van der Waals surface area contributed by atoms with Crippen LogP contribution in [-0.2, 0) is 0 Å². The second-order valence-corrected chi connectivity index (χ2v) is 7.12. The Morgan fingerprint density at radius 1 is 0.966 bits per heavy atom. The fourth-order valence-corrected chi connectivity index (χ4v) is 3.46. The molecule has 2 amide bonds. The number of benzene rings is 2. The minimum Gasteiger partial charge on any atom is -0.368 e. The van der Waals surface area contributed by atoms with E-state index in [1.54, 1.807) is 18.3 Å². The van der Waals surface area contributed by atoms with Crippen molar-refractivity contribution < 1.29 is 9.18 Å². The molecule has 0 atom stereocenters. The first-order chi connectivity index (χ1) is 14.1. The number of amides is 2. The number of rotatable bonds is 3. The molecule has 148 valence electrons. The summed E-state index contributed by atoms with van der Waals surface area (Å²) in [6, 6.07) is 18.3. The van der Waals surface area contributed by atoms with Crippen LogP contribution in [0.3, 0.4) is 0 Å². The van der Waals surface area contributed by atoms with Crippen molar-refractivity contribution in [1.82, 2.24) is 9.88 Å². The molecule has 0 aliphatic carbocycles. The Kier molecular flexibility index (Phi) is 5.42. The summed E-state index contributed by atoms with van der Waals surface area (Å²) in [5, 5.41) is 2.89. The summed E-state index contributed by atoms with van der Waals surface area (Å²) in [5.74, 6) is -0.219. The number of urea groups is 1. The highest BCUT2D eigenvalue weighted by molar-refractivity contribution is 5.89. The number of aromatic nitrogens is 1. The molecular weight excluding hydrogens is 367 g/mol. The smallest absolute Gasteiger partial charge is 0.322 e. The Bertz CT molecular complexity index is 981. The van der Waals surface area contributed by atoms with E-state index in [9.17, 15) is 9.18 Å². The van der Waals surface area contributed by atoms with Crippen molar-refractivity contribution in [1.29, 1.82) is 0 Å². The number of piperazine rings is 1. The van der Waals surface area contributed by atoms with Crippen molar-refractivity contribution in [3.8, 4) is 11.1 Å². The average molecular weight is 390 g/mol. The highest BCUT2D eigenvalue weighted by atomic mass is 19.1. The molecule has 6 heteroatoms. The van der Waals surface area contributed by atoms with Crippen LogP contribution in [0, 0.1) is 12.7 Å². The van der Waals surface area contributed by atoms with E-state index >= 15 is 0 Å².